The van der Waals surface area contributed by atoms with Crippen molar-refractivity contribution in [3.63, 3.8) is 0 Å². The number of carbonyl (C=O) groups excluding carboxylic acids is 3. The van der Waals surface area contributed by atoms with Gasteiger partial charge in [-0.3, -0.25) is 9.59 Å². The van der Waals surface area contributed by atoms with Crippen molar-refractivity contribution >= 4 is 17.8 Å². The van der Waals surface area contributed by atoms with Crippen molar-refractivity contribution in [2.45, 2.75) is 58.5 Å². The lowest BCUT2D eigenvalue weighted by Crippen LogP contribution is -2.51. The highest BCUT2D eigenvalue weighted by molar-refractivity contribution is 5.99. The summed E-state index contributed by atoms with van der Waals surface area (Å²) in [5, 5.41) is 0. The summed E-state index contributed by atoms with van der Waals surface area (Å²) in [6, 6.07) is 0. The van der Waals surface area contributed by atoms with Crippen molar-refractivity contribution in [1.29, 1.82) is 0 Å². The quantitative estimate of drug-likeness (QED) is 0.547. The van der Waals surface area contributed by atoms with Gasteiger partial charge in [0, 0.05) is 19.5 Å². The zero-order valence-electron chi connectivity index (χ0n) is 14.5. The number of likely N-dealkylation sites (tertiary alicyclic amines) is 1. The molecule has 6 heteroatoms. The van der Waals surface area contributed by atoms with Gasteiger partial charge in [0.15, 0.2) is 0 Å². The van der Waals surface area contributed by atoms with E-state index in [1.807, 2.05) is 20.8 Å². The maximum atomic E-state index is 12.3. The van der Waals surface area contributed by atoms with Crippen LogP contribution in [0.15, 0.2) is 0 Å². The first-order valence-corrected chi connectivity index (χ1v) is 8.24. The lowest BCUT2D eigenvalue weighted by atomic mass is 9.65. The molecule has 2 fully saturated rings. The zero-order valence-corrected chi connectivity index (χ0v) is 14.5. The van der Waals surface area contributed by atoms with Gasteiger partial charge in [-0.05, 0) is 51.9 Å². The van der Waals surface area contributed by atoms with Crippen LogP contribution in [-0.4, -0.2) is 48.5 Å². The van der Waals surface area contributed by atoms with E-state index in [0.717, 1.165) is 19.3 Å². The average Bonchev–Trinajstić information content (AvgIpc) is 2.48. The van der Waals surface area contributed by atoms with Crippen LogP contribution >= 0.6 is 0 Å². The maximum Gasteiger partial charge on any atom is 0.410 e. The van der Waals surface area contributed by atoms with Crippen molar-refractivity contribution in [2.75, 3.05) is 20.2 Å². The molecular formula is C17H27NO5. The number of rotatable bonds is 1. The summed E-state index contributed by atoms with van der Waals surface area (Å²) in [7, 11) is 1.31. The van der Waals surface area contributed by atoms with E-state index in [1.165, 1.54) is 7.11 Å². The number of carbonyl (C=O) groups is 3. The first kappa shape index (κ1) is 17.8. The number of hydrogen-bond donors (Lipinski definition) is 0. The molecule has 1 amide bonds. The number of methoxy groups -OCH3 is 1. The second-order valence-corrected chi connectivity index (χ2v) is 7.75. The average molecular weight is 325 g/mol. The molecule has 1 aliphatic carbocycles. The van der Waals surface area contributed by atoms with Crippen LogP contribution in [0.3, 0.4) is 0 Å². The largest absolute Gasteiger partial charge is 0.468 e. The fraction of sp³-hybridized carbons (Fsp3) is 0.824. The van der Waals surface area contributed by atoms with Crippen LogP contribution < -0.4 is 0 Å². The summed E-state index contributed by atoms with van der Waals surface area (Å²) in [5.41, 5.74) is -0.708. The van der Waals surface area contributed by atoms with Gasteiger partial charge in [0.1, 0.15) is 17.3 Å². The number of piperidine rings is 1. The summed E-state index contributed by atoms with van der Waals surface area (Å²) < 4.78 is 10.2. The van der Waals surface area contributed by atoms with Gasteiger partial charge >= 0.3 is 12.1 Å². The Balaban J connectivity index is 2.08. The van der Waals surface area contributed by atoms with Gasteiger partial charge < -0.3 is 14.4 Å². The summed E-state index contributed by atoms with van der Waals surface area (Å²) in [5.74, 6) is -1.19. The van der Waals surface area contributed by atoms with Crippen molar-refractivity contribution in [3.8, 4) is 0 Å². The van der Waals surface area contributed by atoms with E-state index in [0.29, 0.717) is 25.9 Å². The predicted molar refractivity (Wildman–Crippen MR) is 83.8 cm³/mol. The minimum Gasteiger partial charge on any atom is -0.468 e. The predicted octanol–water partition coefficient (Wildman–Crippen LogP) is 2.55. The third-order valence-electron chi connectivity index (χ3n) is 4.73. The molecular weight excluding hydrogens is 298 g/mol. The summed E-state index contributed by atoms with van der Waals surface area (Å²) >= 11 is 0. The van der Waals surface area contributed by atoms with Gasteiger partial charge in [0.05, 0.1) is 7.11 Å². The molecule has 0 aromatic heterocycles. The Bertz CT molecular complexity index is 488. The molecule has 2 unspecified atom stereocenters. The molecule has 0 aromatic rings. The van der Waals surface area contributed by atoms with Gasteiger partial charge in [-0.1, -0.05) is 0 Å². The number of esters is 1. The molecule has 2 aliphatic rings. The van der Waals surface area contributed by atoms with Crippen molar-refractivity contribution in [3.05, 3.63) is 0 Å². The standard InChI is InChI=1S/C17H27NO5/c1-16(2,3)23-15(21)18-9-5-7-17(11-18)8-6-13(19)12(10-17)14(20)22-4/h12H,5-11H2,1-4H3. The van der Waals surface area contributed by atoms with Crippen LogP contribution in [0.2, 0.25) is 0 Å². The Kier molecular flexibility index (Phi) is 5.01. The monoisotopic (exact) mass is 325 g/mol. The molecule has 1 heterocycles. The molecule has 0 aromatic carbocycles. The number of ketones is 1. The smallest absolute Gasteiger partial charge is 0.410 e. The minimum absolute atomic E-state index is 0.0446. The summed E-state index contributed by atoms with van der Waals surface area (Å²) in [4.78, 5) is 37.9. The Morgan fingerprint density at radius 1 is 1.26 bits per heavy atom. The second kappa shape index (κ2) is 6.49. The van der Waals surface area contributed by atoms with E-state index in [1.54, 1.807) is 4.90 Å². The molecule has 1 aliphatic heterocycles. The van der Waals surface area contributed by atoms with Gasteiger partial charge in [0.2, 0.25) is 0 Å². The first-order chi connectivity index (χ1) is 10.7. The Morgan fingerprint density at radius 3 is 2.57 bits per heavy atom. The Morgan fingerprint density at radius 2 is 1.96 bits per heavy atom. The van der Waals surface area contributed by atoms with Gasteiger partial charge in [-0.15, -0.1) is 0 Å². The van der Waals surface area contributed by atoms with E-state index < -0.39 is 17.5 Å². The van der Waals surface area contributed by atoms with Crippen LogP contribution in [0, 0.1) is 11.3 Å². The molecule has 130 valence electrons. The van der Waals surface area contributed by atoms with Crippen molar-refractivity contribution in [2.24, 2.45) is 11.3 Å². The number of hydrogen-bond acceptors (Lipinski definition) is 5. The van der Waals surface area contributed by atoms with Crippen LogP contribution in [0.4, 0.5) is 4.79 Å². The van der Waals surface area contributed by atoms with Crippen molar-refractivity contribution in [1.82, 2.24) is 4.90 Å². The van der Waals surface area contributed by atoms with E-state index in [4.69, 9.17) is 9.47 Å². The van der Waals surface area contributed by atoms with Gasteiger partial charge in [0.25, 0.3) is 0 Å². The topological polar surface area (TPSA) is 72.9 Å². The van der Waals surface area contributed by atoms with Crippen LogP contribution in [0.5, 0.6) is 0 Å². The van der Waals surface area contributed by atoms with Gasteiger partial charge in [-0.2, -0.15) is 0 Å². The second-order valence-electron chi connectivity index (χ2n) is 7.75. The van der Waals surface area contributed by atoms with E-state index in [9.17, 15) is 14.4 Å². The molecule has 1 saturated heterocycles. The molecule has 6 nitrogen and oxygen atoms in total. The molecule has 23 heavy (non-hydrogen) atoms. The van der Waals surface area contributed by atoms with Crippen LogP contribution in [0.25, 0.3) is 0 Å². The molecule has 0 bridgehead atoms. The molecule has 1 saturated carbocycles. The number of ether oxygens (including phenoxy) is 2. The maximum absolute atomic E-state index is 12.3. The zero-order chi connectivity index (χ0) is 17.3. The normalized spacial score (nSPS) is 28.6. The number of Topliss-reactive ketones (excluding diaryl/α,β-unsaturated/α-hetero) is 1. The fourth-order valence-corrected chi connectivity index (χ4v) is 3.63. The molecule has 0 N–H and O–H groups in total. The highest BCUT2D eigenvalue weighted by atomic mass is 16.6. The molecule has 2 atom stereocenters. The van der Waals surface area contributed by atoms with E-state index in [-0.39, 0.29) is 17.3 Å². The SMILES string of the molecule is COC(=O)C1CC2(CCCN(C(=O)OC(C)(C)C)C2)CCC1=O. The Labute approximate surface area is 137 Å². The van der Waals surface area contributed by atoms with Gasteiger partial charge in [-0.25, -0.2) is 4.79 Å². The molecule has 1 spiro atoms. The van der Waals surface area contributed by atoms with Crippen molar-refractivity contribution < 1.29 is 23.9 Å². The number of nitrogens with zero attached hydrogens (tertiary/aromatic N) is 1. The first-order valence-electron chi connectivity index (χ1n) is 8.24. The minimum atomic E-state index is -0.688. The number of amides is 1. The van der Waals surface area contributed by atoms with Crippen LogP contribution in [-0.2, 0) is 19.1 Å². The summed E-state index contributed by atoms with van der Waals surface area (Å²) in [6.07, 6.45) is 3.04. The van der Waals surface area contributed by atoms with E-state index in [2.05, 4.69) is 0 Å². The fourth-order valence-electron chi connectivity index (χ4n) is 3.63. The molecule has 0 radical (unpaired) electrons. The lowest BCUT2D eigenvalue weighted by molar-refractivity contribution is -0.153. The molecule has 2 rings (SSSR count). The van der Waals surface area contributed by atoms with E-state index >= 15 is 0 Å². The highest BCUT2D eigenvalue weighted by Crippen LogP contribution is 2.44. The third-order valence-corrected chi connectivity index (χ3v) is 4.73. The lowest BCUT2D eigenvalue weighted by Gasteiger charge is -2.46. The summed E-state index contributed by atoms with van der Waals surface area (Å²) in [6.45, 7) is 6.74. The Hall–Kier alpha value is -1.59. The van der Waals surface area contributed by atoms with Crippen LogP contribution in [0.1, 0.15) is 52.9 Å². The third kappa shape index (κ3) is 4.24. The highest BCUT2D eigenvalue weighted by Gasteiger charge is 2.46.